The Morgan fingerprint density at radius 1 is 1.03 bits per heavy atom. The lowest BCUT2D eigenvalue weighted by atomic mass is 9.74. The molecule has 32 heavy (non-hydrogen) atoms. The molecule has 1 amide bonds. The summed E-state index contributed by atoms with van der Waals surface area (Å²) >= 11 is 0. The Morgan fingerprint density at radius 2 is 1.75 bits per heavy atom. The molecule has 2 heterocycles. The minimum atomic E-state index is -0.549. The van der Waals surface area contributed by atoms with Crippen molar-refractivity contribution >= 4 is 11.7 Å². The van der Waals surface area contributed by atoms with E-state index >= 15 is 0 Å². The minimum Gasteiger partial charge on any atom is -0.369 e. The zero-order valence-corrected chi connectivity index (χ0v) is 19.0. The molecule has 2 N–H and O–H groups in total. The van der Waals surface area contributed by atoms with Crippen LogP contribution in [0, 0.1) is 5.41 Å². The molecule has 5 heteroatoms. The lowest BCUT2D eigenvalue weighted by molar-refractivity contribution is -0.131. The molecule has 1 aliphatic heterocycles. The predicted octanol–water partition coefficient (Wildman–Crippen LogP) is 4.12. The summed E-state index contributed by atoms with van der Waals surface area (Å²) in [5, 5.41) is 0. The SMILES string of the molecule is CN(C)c1ncccc1CN1CCCC(Cc2ccc(-c3ccccc3)cc2)(C(N)=O)C1. The Hall–Kier alpha value is -3.18. The average Bonchev–Trinajstić information content (AvgIpc) is 2.80. The maximum atomic E-state index is 12.7. The maximum Gasteiger partial charge on any atom is 0.225 e. The van der Waals surface area contributed by atoms with Gasteiger partial charge in [-0.05, 0) is 48.6 Å². The van der Waals surface area contributed by atoms with E-state index in [1.54, 1.807) is 0 Å². The number of aromatic nitrogens is 1. The van der Waals surface area contributed by atoms with Crippen LogP contribution in [0.25, 0.3) is 11.1 Å². The van der Waals surface area contributed by atoms with Crippen LogP contribution in [0.15, 0.2) is 72.9 Å². The van der Waals surface area contributed by atoms with Gasteiger partial charge in [0.1, 0.15) is 5.82 Å². The van der Waals surface area contributed by atoms with Crippen molar-refractivity contribution in [1.29, 1.82) is 0 Å². The fourth-order valence-corrected chi connectivity index (χ4v) is 4.83. The van der Waals surface area contributed by atoms with E-state index in [9.17, 15) is 4.79 Å². The highest BCUT2D eigenvalue weighted by Crippen LogP contribution is 2.35. The summed E-state index contributed by atoms with van der Waals surface area (Å²) in [6.45, 7) is 2.40. The number of pyridine rings is 1. The molecule has 0 radical (unpaired) electrons. The van der Waals surface area contributed by atoms with E-state index in [4.69, 9.17) is 5.73 Å². The van der Waals surface area contributed by atoms with Crippen molar-refractivity contribution in [1.82, 2.24) is 9.88 Å². The Morgan fingerprint density at radius 3 is 2.44 bits per heavy atom. The van der Waals surface area contributed by atoms with E-state index in [0.717, 1.165) is 37.3 Å². The second-order valence-corrected chi connectivity index (χ2v) is 9.08. The molecule has 166 valence electrons. The highest BCUT2D eigenvalue weighted by Gasteiger charge is 2.41. The van der Waals surface area contributed by atoms with Crippen molar-refractivity contribution in [3.8, 4) is 11.1 Å². The zero-order valence-electron chi connectivity index (χ0n) is 19.0. The molecule has 0 aliphatic carbocycles. The van der Waals surface area contributed by atoms with Gasteiger partial charge in [-0.3, -0.25) is 9.69 Å². The molecule has 4 rings (SSSR count). The normalized spacial score (nSPS) is 18.9. The number of likely N-dealkylation sites (tertiary alicyclic amines) is 1. The molecule has 1 aliphatic rings. The van der Waals surface area contributed by atoms with E-state index in [2.05, 4.69) is 52.3 Å². The number of amides is 1. The number of nitrogens with zero attached hydrogens (tertiary/aromatic N) is 3. The van der Waals surface area contributed by atoms with Crippen molar-refractivity contribution in [2.24, 2.45) is 11.1 Å². The monoisotopic (exact) mass is 428 g/mol. The first-order valence-corrected chi connectivity index (χ1v) is 11.2. The third kappa shape index (κ3) is 4.83. The van der Waals surface area contributed by atoms with E-state index in [1.165, 1.54) is 16.7 Å². The van der Waals surface area contributed by atoms with E-state index in [-0.39, 0.29) is 5.91 Å². The Labute approximate surface area is 190 Å². The number of nitrogens with two attached hydrogens (primary N) is 1. The second-order valence-electron chi connectivity index (χ2n) is 9.08. The van der Waals surface area contributed by atoms with Crippen LogP contribution in [0.2, 0.25) is 0 Å². The third-order valence-corrected chi connectivity index (χ3v) is 6.47. The number of hydrogen-bond acceptors (Lipinski definition) is 4. The number of piperidine rings is 1. The summed E-state index contributed by atoms with van der Waals surface area (Å²) in [6, 6.07) is 23.0. The van der Waals surface area contributed by atoms with Gasteiger partial charge in [0.25, 0.3) is 0 Å². The number of rotatable bonds is 7. The van der Waals surface area contributed by atoms with E-state index < -0.39 is 5.41 Å². The lowest BCUT2D eigenvalue weighted by Crippen LogP contribution is -2.51. The van der Waals surface area contributed by atoms with Gasteiger partial charge in [-0.1, -0.05) is 60.7 Å². The number of hydrogen-bond donors (Lipinski definition) is 1. The van der Waals surface area contributed by atoms with Crippen molar-refractivity contribution in [2.45, 2.75) is 25.8 Å². The lowest BCUT2D eigenvalue weighted by Gasteiger charge is -2.41. The summed E-state index contributed by atoms with van der Waals surface area (Å²) in [5.74, 6) is 0.771. The largest absolute Gasteiger partial charge is 0.369 e. The number of anilines is 1. The predicted molar refractivity (Wildman–Crippen MR) is 130 cm³/mol. The van der Waals surface area contributed by atoms with Gasteiger partial charge in [-0.25, -0.2) is 4.98 Å². The molecule has 1 aromatic heterocycles. The van der Waals surface area contributed by atoms with Crippen LogP contribution in [0.3, 0.4) is 0 Å². The van der Waals surface area contributed by atoms with Gasteiger partial charge in [0.2, 0.25) is 5.91 Å². The molecule has 1 atom stereocenters. The van der Waals surface area contributed by atoms with Crippen molar-refractivity contribution < 1.29 is 4.79 Å². The Balaban J connectivity index is 1.51. The first-order valence-electron chi connectivity index (χ1n) is 11.2. The quantitative estimate of drug-likeness (QED) is 0.615. The molecular weight excluding hydrogens is 396 g/mol. The minimum absolute atomic E-state index is 0.201. The maximum absolute atomic E-state index is 12.7. The third-order valence-electron chi connectivity index (χ3n) is 6.47. The van der Waals surface area contributed by atoms with E-state index in [1.807, 2.05) is 49.5 Å². The van der Waals surface area contributed by atoms with E-state index in [0.29, 0.717) is 13.0 Å². The van der Waals surface area contributed by atoms with Crippen LogP contribution < -0.4 is 10.6 Å². The first-order chi connectivity index (χ1) is 15.5. The van der Waals surface area contributed by atoms with Gasteiger partial charge >= 0.3 is 0 Å². The van der Waals surface area contributed by atoms with Crippen LogP contribution in [0.4, 0.5) is 5.82 Å². The number of benzene rings is 2. The van der Waals surface area contributed by atoms with Gasteiger partial charge in [-0.15, -0.1) is 0 Å². The van der Waals surface area contributed by atoms with Crippen LogP contribution in [0.1, 0.15) is 24.0 Å². The molecule has 1 fully saturated rings. The van der Waals surface area contributed by atoms with Gasteiger partial charge in [-0.2, -0.15) is 0 Å². The zero-order chi connectivity index (χ0) is 22.6. The Kier molecular flexibility index (Phi) is 6.56. The molecule has 3 aromatic rings. The highest BCUT2D eigenvalue weighted by molar-refractivity contribution is 5.81. The average molecular weight is 429 g/mol. The van der Waals surface area contributed by atoms with Crippen LogP contribution >= 0.6 is 0 Å². The molecule has 0 bridgehead atoms. The first kappa shape index (κ1) is 22.0. The molecule has 1 saturated heterocycles. The summed E-state index contributed by atoms with van der Waals surface area (Å²) in [6.07, 6.45) is 4.28. The fourth-order valence-electron chi connectivity index (χ4n) is 4.83. The van der Waals surface area contributed by atoms with Crippen molar-refractivity contribution in [3.05, 3.63) is 84.1 Å². The van der Waals surface area contributed by atoms with Crippen LogP contribution in [0.5, 0.6) is 0 Å². The fraction of sp³-hybridized carbons (Fsp3) is 0.333. The van der Waals surface area contributed by atoms with Crippen LogP contribution in [-0.4, -0.2) is 43.0 Å². The highest BCUT2D eigenvalue weighted by atomic mass is 16.1. The number of primary amides is 1. The smallest absolute Gasteiger partial charge is 0.225 e. The summed E-state index contributed by atoms with van der Waals surface area (Å²) in [4.78, 5) is 21.6. The molecule has 1 unspecified atom stereocenters. The van der Waals surface area contributed by atoms with Crippen molar-refractivity contribution in [3.63, 3.8) is 0 Å². The molecule has 0 saturated carbocycles. The Bertz CT molecular complexity index is 1050. The summed E-state index contributed by atoms with van der Waals surface area (Å²) < 4.78 is 0. The van der Waals surface area contributed by atoms with Gasteiger partial charge < -0.3 is 10.6 Å². The standard InChI is InChI=1S/C27H32N4O/c1-30(2)25-24(10-6-16-29-25)19-31-17-7-15-27(20-31,26(28)32)18-21-11-13-23(14-12-21)22-8-4-3-5-9-22/h3-6,8-14,16H,7,15,17-20H2,1-2H3,(H2,28,32). The molecule has 5 nitrogen and oxygen atoms in total. The van der Waals surface area contributed by atoms with Crippen molar-refractivity contribution in [2.75, 3.05) is 32.1 Å². The van der Waals surface area contributed by atoms with Gasteiger partial charge in [0.15, 0.2) is 0 Å². The summed E-state index contributed by atoms with van der Waals surface area (Å²) in [7, 11) is 4.02. The summed E-state index contributed by atoms with van der Waals surface area (Å²) in [5.41, 5.74) is 10.2. The van der Waals surface area contributed by atoms with Gasteiger partial charge in [0, 0.05) is 38.9 Å². The molecule has 0 spiro atoms. The number of carbonyl (C=O) groups excluding carboxylic acids is 1. The number of carbonyl (C=O) groups is 1. The second kappa shape index (κ2) is 9.53. The topological polar surface area (TPSA) is 62.5 Å². The van der Waals surface area contributed by atoms with Crippen LogP contribution in [-0.2, 0) is 17.8 Å². The molecular formula is C27H32N4O. The molecule has 2 aromatic carbocycles. The van der Waals surface area contributed by atoms with Gasteiger partial charge in [0.05, 0.1) is 5.41 Å².